The Hall–Kier alpha value is -2.00. The molecule has 0 radical (unpaired) electrons. The molecule has 0 fully saturated rings. The van der Waals surface area contributed by atoms with Crippen LogP contribution in [0.3, 0.4) is 0 Å². The van der Waals surface area contributed by atoms with Crippen molar-refractivity contribution in [1.29, 1.82) is 0 Å². The topological polar surface area (TPSA) is 49.7 Å². The molecule has 0 spiro atoms. The number of ether oxygens (including phenoxy) is 1. The molecule has 0 aliphatic heterocycles. The van der Waals surface area contributed by atoms with Gasteiger partial charge in [0.2, 0.25) is 0 Å². The second-order valence-corrected chi connectivity index (χ2v) is 3.73. The van der Waals surface area contributed by atoms with Gasteiger partial charge in [-0.1, -0.05) is 24.3 Å². The quantitative estimate of drug-likeness (QED) is 0.852. The van der Waals surface area contributed by atoms with Gasteiger partial charge in [0.25, 0.3) is 0 Å². The molecule has 0 bridgehead atoms. The van der Waals surface area contributed by atoms with E-state index in [9.17, 15) is 10.2 Å². The lowest BCUT2D eigenvalue weighted by Crippen LogP contribution is -1.90. The smallest absolute Gasteiger partial charge is 0.123 e. The van der Waals surface area contributed by atoms with Gasteiger partial charge in [-0.15, -0.1) is 0 Å². The van der Waals surface area contributed by atoms with E-state index in [1.807, 2.05) is 30.3 Å². The van der Waals surface area contributed by atoms with Gasteiger partial charge in [-0.25, -0.2) is 0 Å². The molecule has 3 nitrogen and oxygen atoms in total. The van der Waals surface area contributed by atoms with Crippen LogP contribution in [-0.2, 0) is 6.61 Å². The molecule has 0 heterocycles. The lowest BCUT2D eigenvalue weighted by atomic mass is 10.00. The SMILES string of the molecule is COc1cc(O)cc(-c2ccccc2CO)c1. The van der Waals surface area contributed by atoms with Crippen LogP contribution in [0.15, 0.2) is 42.5 Å². The summed E-state index contributed by atoms with van der Waals surface area (Å²) < 4.78 is 5.11. The third-order valence-corrected chi connectivity index (χ3v) is 2.63. The highest BCUT2D eigenvalue weighted by atomic mass is 16.5. The fourth-order valence-corrected chi connectivity index (χ4v) is 1.80. The summed E-state index contributed by atoms with van der Waals surface area (Å²) in [6.45, 7) is -0.0336. The average Bonchev–Trinajstić information content (AvgIpc) is 2.37. The van der Waals surface area contributed by atoms with Crippen molar-refractivity contribution in [3.63, 3.8) is 0 Å². The van der Waals surface area contributed by atoms with Crippen LogP contribution in [0, 0.1) is 0 Å². The minimum atomic E-state index is -0.0336. The Kier molecular flexibility index (Phi) is 3.30. The summed E-state index contributed by atoms with van der Waals surface area (Å²) in [6, 6.07) is 12.5. The van der Waals surface area contributed by atoms with Crippen molar-refractivity contribution in [3.05, 3.63) is 48.0 Å². The van der Waals surface area contributed by atoms with Gasteiger partial charge >= 0.3 is 0 Å². The maximum Gasteiger partial charge on any atom is 0.123 e. The van der Waals surface area contributed by atoms with Crippen LogP contribution < -0.4 is 4.74 Å². The molecule has 88 valence electrons. The van der Waals surface area contributed by atoms with Crippen LogP contribution in [-0.4, -0.2) is 17.3 Å². The van der Waals surface area contributed by atoms with Crippen molar-refractivity contribution in [2.45, 2.75) is 6.61 Å². The number of methoxy groups -OCH3 is 1. The number of phenolic OH excluding ortho intramolecular Hbond substituents is 1. The van der Waals surface area contributed by atoms with Gasteiger partial charge in [0.1, 0.15) is 11.5 Å². The van der Waals surface area contributed by atoms with Crippen LogP contribution in [0.2, 0.25) is 0 Å². The normalized spacial score (nSPS) is 10.2. The lowest BCUT2D eigenvalue weighted by Gasteiger charge is -2.09. The van der Waals surface area contributed by atoms with Gasteiger partial charge in [-0.2, -0.15) is 0 Å². The van der Waals surface area contributed by atoms with Crippen molar-refractivity contribution in [1.82, 2.24) is 0 Å². The van der Waals surface area contributed by atoms with Crippen LogP contribution in [0.5, 0.6) is 11.5 Å². The first-order valence-corrected chi connectivity index (χ1v) is 5.32. The Bertz CT molecular complexity index is 521. The van der Waals surface area contributed by atoms with E-state index in [1.54, 1.807) is 19.2 Å². The van der Waals surface area contributed by atoms with E-state index >= 15 is 0 Å². The monoisotopic (exact) mass is 230 g/mol. The molecule has 0 atom stereocenters. The zero-order chi connectivity index (χ0) is 12.3. The summed E-state index contributed by atoms with van der Waals surface area (Å²) in [5, 5.41) is 18.9. The zero-order valence-corrected chi connectivity index (χ0v) is 9.55. The van der Waals surface area contributed by atoms with Crippen molar-refractivity contribution < 1.29 is 14.9 Å². The van der Waals surface area contributed by atoms with E-state index in [-0.39, 0.29) is 12.4 Å². The van der Waals surface area contributed by atoms with Gasteiger partial charge in [-0.3, -0.25) is 0 Å². The van der Waals surface area contributed by atoms with Gasteiger partial charge in [0.15, 0.2) is 0 Å². The molecule has 2 rings (SSSR count). The van der Waals surface area contributed by atoms with Gasteiger partial charge < -0.3 is 14.9 Å². The first kappa shape index (κ1) is 11.5. The molecule has 0 saturated carbocycles. The summed E-state index contributed by atoms with van der Waals surface area (Å²) in [6.07, 6.45) is 0. The number of aromatic hydroxyl groups is 1. The van der Waals surface area contributed by atoms with E-state index < -0.39 is 0 Å². The molecule has 2 aromatic carbocycles. The minimum Gasteiger partial charge on any atom is -0.508 e. The summed E-state index contributed by atoms with van der Waals surface area (Å²) in [4.78, 5) is 0. The maximum absolute atomic E-state index is 9.61. The summed E-state index contributed by atoms with van der Waals surface area (Å²) in [5.74, 6) is 0.736. The number of phenols is 1. The fourth-order valence-electron chi connectivity index (χ4n) is 1.80. The highest BCUT2D eigenvalue weighted by Crippen LogP contribution is 2.31. The molecule has 2 aromatic rings. The first-order valence-electron chi connectivity index (χ1n) is 5.32. The Labute approximate surface area is 99.9 Å². The predicted octanol–water partition coefficient (Wildman–Crippen LogP) is 2.56. The van der Waals surface area contributed by atoms with Crippen LogP contribution in [0.4, 0.5) is 0 Å². The Morgan fingerprint density at radius 2 is 1.88 bits per heavy atom. The maximum atomic E-state index is 9.61. The second-order valence-electron chi connectivity index (χ2n) is 3.73. The minimum absolute atomic E-state index is 0.0336. The van der Waals surface area contributed by atoms with Crippen molar-refractivity contribution in [3.8, 4) is 22.6 Å². The second kappa shape index (κ2) is 4.89. The highest BCUT2D eigenvalue weighted by molar-refractivity contribution is 5.70. The number of hydrogen-bond acceptors (Lipinski definition) is 3. The largest absolute Gasteiger partial charge is 0.508 e. The van der Waals surface area contributed by atoms with Gasteiger partial charge in [0, 0.05) is 6.07 Å². The summed E-state index contributed by atoms with van der Waals surface area (Å²) in [7, 11) is 1.55. The Morgan fingerprint density at radius 1 is 1.12 bits per heavy atom. The number of aliphatic hydroxyl groups excluding tert-OH is 1. The van der Waals surface area contributed by atoms with E-state index in [1.165, 1.54) is 0 Å². The van der Waals surface area contributed by atoms with E-state index in [2.05, 4.69) is 0 Å². The number of hydrogen-bond donors (Lipinski definition) is 2. The number of rotatable bonds is 3. The Morgan fingerprint density at radius 3 is 2.59 bits per heavy atom. The molecule has 0 amide bonds. The molecule has 17 heavy (non-hydrogen) atoms. The first-order chi connectivity index (χ1) is 8.24. The molecule has 0 saturated heterocycles. The number of benzene rings is 2. The van der Waals surface area contributed by atoms with Crippen LogP contribution in [0.25, 0.3) is 11.1 Å². The molecule has 0 aromatic heterocycles. The predicted molar refractivity (Wildman–Crippen MR) is 66.0 cm³/mol. The summed E-state index contributed by atoms with van der Waals surface area (Å²) in [5.41, 5.74) is 2.54. The molecule has 3 heteroatoms. The molecule has 0 unspecified atom stereocenters. The van der Waals surface area contributed by atoms with Crippen LogP contribution >= 0.6 is 0 Å². The molecular weight excluding hydrogens is 216 g/mol. The van der Waals surface area contributed by atoms with Crippen molar-refractivity contribution >= 4 is 0 Å². The number of aliphatic hydroxyl groups is 1. The van der Waals surface area contributed by atoms with Gasteiger partial charge in [0.05, 0.1) is 13.7 Å². The third-order valence-electron chi connectivity index (χ3n) is 2.63. The molecular formula is C14H14O3. The average molecular weight is 230 g/mol. The Balaban J connectivity index is 2.55. The van der Waals surface area contributed by atoms with E-state index in [4.69, 9.17) is 4.74 Å². The molecule has 0 aliphatic carbocycles. The molecule has 2 N–H and O–H groups in total. The summed E-state index contributed by atoms with van der Waals surface area (Å²) >= 11 is 0. The van der Waals surface area contributed by atoms with Crippen molar-refractivity contribution in [2.75, 3.05) is 7.11 Å². The van der Waals surface area contributed by atoms with Gasteiger partial charge in [-0.05, 0) is 28.8 Å². The van der Waals surface area contributed by atoms with E-state index in [0.717, 1.165) is 16.7 Å². The molecule has 0 aliphatic rings. The standard InChI is InChI=1S/C14H14O3/c1-17-13-7-11(6-12(16)8-13)14-5-3-2-4-10(14)9-15/h2-8,15-16H,9H2,1H3. The highest BCUT2D eigenvalue weighted by Gasteiger charge is 2.06. The fraction of sp³-hybridized carbons (Fsp3) is 0.143. The van der Waals surface area contributed by atoms with Crippen molar-refractivity contribution in [2.24, 2.45) is 0 Å². The van der Waals surface area contributed by atoms with Crippen LogP contribution in [0.1, 0.15) is 5.56 Å². The lowest BCUT2D eigenvalue weighted by molar-refractivity contribution is 0.282. The zero-order valence-electron chi connectivity index (χ0n) is 9.55. The third kappa shape index (κ3) is 2.40. The van der Waals surface area contributed by atoms with E-state index in [0.29, 0.717) is 5.75 Å².